The van der Waals surface area contributed by atoms with E-state index in [2.05, 4.69) is 5.32 Å². The second kappa shape index (κ2) is 12.6. The summed E-state index contributed by atoms with van der Waals surface area (Å²) in [6, 6.07) is 25.2. The molecular formula is C36H32F3N3O3. The lowest BCUT2D eigenvalue weighted by Crippen LogP contribution is -2.45. The molecule has 2 aliphatic heterocycles. The fourth-order valence-corrected chi connectivity index (χ4v) is 6.10. The minimum Gasteiger partial charge on any atom is -0.341 e. The van der Waals surface area contributed by atoms with Crippen LogP contribution in [0.4, 0.5) is 18.9 Å². The van der Waals surface area contributed by atoms with Gasteiger partial charge in [0.15, 0.2) is 0 Å². The van der Waals surface area contributed by atoms with Gasteiger partial charge < -0.3 is 15.1 Å². The summed E-state index contributed by atoms with van der Waals surface area (Å²) in [5.74, 6) is -0.786. The van der Waals surface area contributed by atoms with E-state index in [0.717, 1.165) is 37.0 Å². The van der Waals surface area contributed by atoms with Crippen LogP contribution in [0, 0.1) is 0 Å². The van der Waals surface area contributed by atoms with Crippen LogP contribution in [-0.2, 0) is 17.4 Å². The Kier molecular flexibility index (Phi) is 8.43. The number of hydrogen-bond donors (Lipinski definition) is 1. The Bertz CT molecular complexity index is 1720. The summed E-state index contributed by atoms with van der Waals surface area (Å²) < 4.78 is 39.3. The van der Waals surface area contributed by atoms with Crippen LogP contribution in [0.15, 0.2) is 97.1 Å². The molecule has 2 aliphatic rings. The molecule has 6 rings (SSSR count). The maximum Gasteiger partial charge on any atom is 0.416 e. The molecule has 1 atom stereocenters. The predicted molar refractivity (Wildman–Crippen MR) is 166 cm³/mol. The van der Waals surface area contributed by atoms with Gasteiger partial charge in [-0.3, -0.25) is 14.4 Å². The lowest BCUT2D eigenvalue weighted by molar-refractivity contribution is -0.137. The number of likely N-dealkylation sites (tertiary alicyclic amines) is 1. The Labute approximate surface area is 259 Å². The first-order valence-corrected chi connectivity index (χ1v) is 15.1. The lowest BCUT2D eigenvalue weighted by atomic mass is 9.97. The van der Waals surface area contributed by atoms with E-state index in [1.165, 1.54) is 12.1 Å². The molecule has 9 heteroatoms. The monoisotopic (exact) mass is 611 g/mol. The summed E-state index contributed by atoms with van der Waals surface area (Å²) in [6.07, 6.45) is -0.957. The first kappa shape index (κ1) is 30.1. The molecule has 0 spiro atoms. The summed E-state index contributed by atoms with van der Waals surface area (Å²) in [5, 5.41) is 2.96. The van der Waals surface area contributed by atoms with Crippen molar-refractivity contribution in [3.63, 3.8) is 0 Å². The molecule has 1 fully saturated rings. The van der Waals surface area contributed by atoms with E-state index in [4.69, 9.17) is 0 Å². The number of carbonyl (C=O) groups is 3. The standard InChI is InChI=1S/C36H32F3N3O3/c37-36(38,39)28-16-13-24(14-17-28)29-11-5-6-12-30(29)34(44)42-22-19-26-23-27(15-18-31(26)42)33(43)40-32(25-9-3-1-4-10-25)35(45)41-20-7-2-8-21-41/h1,3-6,9-18,23,32H,2,7-8,19-22H2,(H,40,43). The summed E-state index contributed by atoms with van der Waals surface area (Å²) in [7, 11) is 0. The highest BCUT2D eigenvalue weighted by Crippen LogP contribution is 2.35. The van der Waals surface area contributed by atoms with Crippen LogP contribution in [0.25, 0.3) is 11.1 Å². The first-order chi connectivity index (χ1) is 21.7. The smallest absolute Gasteiger partial charge is 0.341 e. The number of rotatable bonds is 6. The van der Waals surface area contributed by atoms with Gasteiger partial charge in [-0.25, -0.2) is 0 Å². The van der Waals surface area contributed by atoms with Crippen LogP contribution in [0.5, 0.6) is 0 Å². The van der Waals surface area contributed by atoms with E-state index in [0.29, 0.717) is 59.6 Å². The number of hydrogen-bond acceptors (Lipinski definition) is 3. The first-order valence-electron chi connectivity index (χ1n) is 15.1. The number of anilines is 1. The van der Waals surface area contributed by atoms with Crippen LogP contribution in [-0.4, -0.2) is 42.3 Å². The number of nitrogens with one attached hydrogen (secondary N) is 1. The highest BCUT2D eigenvalue weighted by atomic mass is 19.4. The molecule has 1 saturated heterocycles. The fourth-order valence-electron chi connectivity index (χ4n) is 6.10. The molecule has 4 aromatic carbocycles. The topological polar surface area (TPSA) is 69.7 Å². The quantitative estimate of drug-likeness (QED) is 0.254. The van der Waals surface area contributed by atoms with Gasteiger partial charge in [0.05, 0.1) is 5.56 Å². The summed E-state index contributed by atoms with van der Waals surface area (Å²) in [5.41, 5.74) is 3.25. The average Bonchev–Trinajstić information content (AvgIpc) is 3.50. The minimum atomic E-state index is -4.45. The van der Waals surface area contributed by atoms with Crippen molar-refractivity contribution in [3.8, 4) is 11.1 Å². The number of alkyl halides is 3. The van der Waals surface area contributed by atoms with Crippen LogP contribution in [0.2, 0.25) is 0 Å². The molecule has 0 aliphatic carbocycles. The molecule has 0 saturated carbocycles. The maximum absolute atomic E-state index is 13.8. The van der Waals surface area contributed by atoms with Gasteiger partial charge in [0.2, 0.25) is 5.91 Å². The Morgan fingerprint density at radius 2 is 1.44 bits per heavy atom. The molecule has 3 amide bonds. The molecule has 45 heavy (non-hydrogen) atoms. The summed E-state index contributed by atoms with van der Waals surface area (Å²) >= 11 is 0. The lowest BCUT2D eigenvalue weighted by Gasteiger charge is -2.31. The predicted octanol–water partition coefficient (Wildman–Crippen LogP) is 7.06. The zero-order valence-corrected chi connectivity index (χ0v) is 24.5. The van der Waals surface area contributed by atoms with Gasteiger partial charge in [-0.1, -0.05) is 60.7 Å². The zero-order valence-electron chi connectivity index (χ0n) is 24.5. The highest BCUT2D eigenvalue weighted by molar-refractivity contribution is 6.11. The van der Waals surface area contributed by atoms with Gasteiger partial charge in [0, 0.05) is 36.4 Å². The SMILES string of the molecule is O=C(NC(C(=O)N1CCCCC1)c1ccccc1)c1ccc2c(c1)CCN2C(=O)c1ccccc1-c1ccc(C(F)(F)F)cc1. The Hall–Kier alpha value is -4.92. The molecule has 230 valence electrons. The van der Waals surface area contributed by atoms with E-state index in [-0.39, 0.29) is 17.7 Å². The van der Waals surface area contributed by atoms with Crippen molar-refractivity contribution in [2.24, 2.45) is 0 Å². The van der Waals surface area contributed by atoms with Crippen molar-refractivity contribution >= 4 is 23.4 Å². The highest BCUT2D eigenvalue weighted by Gasteiger charge is 2.32. The largest absolute Gasteiger partial charge is 0.416 e. The normalized spacial score (nSPS) is 15.4. The molecule has 0 bridgehead atoms. The second-order valence-electron chi connectivity index (χ2n) is 11.4. The van der Waals surface area contributed by atoms with E-state index in [1.54, 1.807) is 47.4 Å². The van der Waals surface area contributed by atoms with Crippen LogP contribution in [0.3, 0.4) is 0 Å². The van der Waals surface area contributed by atoms with Gasteiger partial charge in [-0.05, 0) is 84.3 Å². The average molecular weight is 612 g/mol. The van der Waals surface area contributed by atoms with Gasteiger partial charge in [0.1, 0.15) is 6.04 Å². The van der Waals surface area contributed by atoms with E-state index < -0.39 is 17.8 Å². The molecule has 4 aromatic rings. The number of benzene rings is 4. The maximum atomic E-state index is 13.8. The summed E-state index contributed by atoms with van der Waals surface area (Å²) in [4.78, 5) is 44.3. The number of fused-ring (bicyclic) bond motifs is 1. The van der Waals surface area contributed by atoms with Gasteiger partial charge in [-0.2, -0.15) is 13.2 Å². The van der Waals surface area contributed by atoms with Crippen molar-refractivity contribution in [2.45, 2.75) is 37.9 Å². The van der Waals surface area contributed by atoms with Crippen LogP contribution >= 0.6 is 0 Å². The molecule has 0 radical (unpaired) electrons. The second-order valence-corrected chi connectivity index (χ2v) is 11.4. The molecule has 6 nitrogen and oxygen atoms in total. The van der Waals surface area contributed by atoms with Crippen LogP contribution < -0.4 is 10.2 Å². The molecule has 1 N–H and O–H groups in total. The number of nitrogens with zero attached hydrogens (tertiary/aromatic N) is 2. The van der Waals surface area contributed by atoms with Crippen LogP contribution in [0.1, 0.15) is 62.7 Å². The number of piperidine rings is 1. The number of halogens is 3. The Balaban J connectivity index is 1.22. The van der Waals surface area contributed by atoms with Crippen molar-refractivity contribution < 1.29 is 27.6 Å². The molecule has 1 unspecified atom stereocenters. The van der Waals surface area contributed by atoms with Gasteiger partial charge >= 0.3 is 6.18 Å². The number of amides is 3. The third-order valence-electron chi connectivity index (χ3n) is 8.49. The molecule has 0 aromatic heterocycles. The van der Waals surface area contributed by atoms with Gasteiger partial charge in [0.25, 0.3) is 11.8 Å². The van der Waals surface area contributed by atoms with Gasteiger partial charge in [-0.15, -0.1) is 0 Å². The van der Waals surface area contributed by atoms with Crippen molar-refractivity contribution in [1.82, 2.24) is 10.2 Å². The van der Waals surface area contributed by atoms with E-state index in [1.807, 2.05) is 35.2 Å². The number of carbonyl (C=O) groups excluding carboxylic acids is 3. The van der Waals surface area contributed by atoms with E-state index in [9.17, 15) is 27.6 Å². The third kappa shape index (κ3) is 6.34. The van der Waals surface area contributed by atoms with Crippen molar-refractivity contribution in [1.29, 1.82) is 0 Å². The Morgan fingerprint density at radius 1 is 0.756 bits per heavy atom. The van der Waals surface area contributed by atoms with Crippen molar-refractivity contribution in [2.75, 3.05) is 24.5 Å². The molecular weight excluding hydrogens is 579 g/mol. The zero-order chi connectivity index (χ0) is 31.6. The fraction of sp³-hybridized carbons (Fsp3) is 0.250. The third-order valence-corrected chi connectivity index (χ3v) is 8.49. The van der Waals surface area contributed by atoms with E-state index >= 15 is 0 Å². The minimum absolute atomic E-state index is 0.126. The van der Waals surface area contributed by atoms with Crippen molar-refractivity contribution in [3.05, 3.63) is 125 Å². The Morgan fingerprint density at radius 3 is 2.16 bits per heavy atom. The molecule has 2 heterocycles. The summed E-state index contributed by atoms with van der Waals surface area (Å²) in [6.45, 7) is 1.73.